The van der Waals surface area contributed by atoms with E-state index >= 15 is 0 Å². The highest BCUT2D eigenvalue weighted by atomic mass is 79.9. The molecule has 25 heavy (non-hydrogen) atoms. The summed E-state index contributed by atoms with van der Waals surface area (Å²) in [6.45, 7) is 2.52. The van der Waals surface area contributed by atoms with Crippen LogP contribution < -0.4 is 21.1 Å². The van der Waals surface area contributed by atoms with Gasteiger partial charge in [0.1, 0.15) is 17.8 Å². The van der Waals surface area contributed by atoms with Crippen LogP contribution in [0.25, 0.3) is 0 Å². The number of para-hydroxylation sites is 2. The highest BCUT2D eigenvalue weighted by Crippen LogP contribution is 2.32. The van der Waals surface area contributed by atoms with Gasteiger partial charge < -0.3 is 21.1 Å². The topological polar surface area (TPSA) is 85.1 Å². The number of halogens is 1. The lowest BCUT2D eigenvalue weighted by Crippen LogP contribution is -2.06. The summed E-state index contributed by atoms with van der Waals surface area (Å²) in [6.07, 6.45) is 1.46. The Morgan fingerprint density at radius 2 is 1.80 bits per heavy atom. The lowest BCUT2D eigenvalue weighted by atomic mass is 10.3. The van der Waals surface area contributed by atoms with Crippen LogP contribution >= 0.6 is 15.9 Å². The molecule has 1 aromatic heterocycles. The number of anilines is 5. The van der Waals surface area contributed by atoms with Gasteiger partial charge >= 0.3 is 0 Å². The molecule has 3 aromatic rings. The summed E-state index contributed by atoms with van der Waals surface area (Å²) in [4.78, 5) is 8.47. The Balaban J connectivity index is 1.86. The predicted octanol–water partition coefficient (Wildman–Crippen LogP) is 4.71. The molecule has 3 rings (SSSR count). The van der Waals surface area contributed by atoms with Gasteiger partial charge in [-0.25, -0.2) is 9.97 Å². The van der Waals surface area contributed by atoms with Crippen molar-refractivity contribution < 1.29 is 4.74 Å². The zero-order chi connectivity index (χ0) is 17.6. The number of benzene rings is 2. The molecule has 0 aliphatic heterocycles. The van der Waals surface area contributed by atoms with Crippen molar-refractivity contribution in [3.8, 4) is 5.75 Å². The molecule has 1 heterocycles. The summed E-state index contributed by atoms with van der Waals surface area (Å²) in [5, 5.41) is 6.41. The van der Waals surface area contributed by atoms with Crippen LogP contribution in [0, 0.1) is 0 Å². The first-order chi connectivity index (χ1) is 12.2. The van der Waals surface area contributed by atoms with E-state index in [1.807, 2.05) is 55.5 Å². The van der Waals surface area contributed by atoms with Gasteiger partial charge in [0.2, 0.25) is 0 Å². The zero-order valence-electron chi connectivity index (χ0n) is 13.7. The molecule has 0 saturated heterocycles. The largest absolute Gasteiger partial charge is 0.492 e. The second kappa shape index (κ2) is 7.85. The average Bonchev–Trinajstić information content (AvgIpc) is 2.60. The average molecular weight is 400 g/mol. The Morgan fingerprint density at radius 1 is 1.04 bits per heavy atom. The van der Waals surface area contributed by atoms with Crippen LogP contribution in [-0.4, -0.2) is 16.6 Å². The van der Waals surface area contributed by atoms with E-state index in [9.17, 15) is 0 Å². The van der Waals surface area contributed by atoms with Crippen LogP contribution in [-0.2, 0) is 0 Å². The van der Waals surface area contributed by atoms with Gasteiger partial charge in [-0.05, 0) is 37.3 Å². The van der Waals surface area contributed by atoms with Crippen molar-refractivity contribution in [1.82, 2.24) is 9.97 Å². The predicted molar refractivity (Wildman–Crippen MR) is 105 cm³/mol. The molecule has 0 aliphatic carbocycles. The van der Waals surface area contributed by atoms with E-state index in [0.717, 1.165) is 21.6 Å². The molecule has 6 nitrogen and oxygen atoms in total. The molecule has 0 spiro atoms. The van der Waals surface area contributed by atoms with Crippen molar-refractivity contribution in [3.63, 3.8) is 0 Å². The molecule has 0 bridgehead atoms. The molecule has 0 saturated carbocycles. The maximum atomic E-state index is 6.24. The highest BCUT2D eigenvalue weighted by Gasteiger charge is 2.11. The molecule has 0 atom stereocenters. The van der Waals surface area contributed by atoms with Gasteiger partial charge in [-0.2, -0.15) is 0 Å². The number of aromatic nitrogens is 2. The molecule has 2 aromatic carbocycles. The number of hydrogen-bond acceptors (Lipinski definition) is 6. The van der Waals surface area contributed by atoms with E-state index in [2.05, 4.69) is 36.5 Å². The molecule has 128 valence electrons. The minimum absolute atomic E-state index is 0.425. The Labute approximate surface area is 154 Å². The maximum absolute atomic E-state index is 6.24. The number of nitrogens with zero attached hydrogens (tertiary/aromatic N) is 2. The fourth-order valence-corrected chi connectivity index (χ4v) is 2.68. The summed E-state index contributed by atoms with van der Waals surface area (Å²) < 4.78 is 6.59. The lowest BCUT2D eigenvalue weighted by molar-refractivity contribution is 0.342. The molecule has 0 fully saturated rings. The summed E-state index contributed by atoms with van der Waals surface area (Å²) in [6, 6.07) is 15.4. The van der Waals surface area contributed by atoms with Crippen LogP contribution in [0.15, 0.2) is 59.3 Å². The molecular weight excluding hydrogens is 382 g/mol. The van der Waals surface area contributed by atoms with Gasteiger partial charge in [-0.15, -0.1) is 0 Å². The molecule has 0 radical (unpaired) electrons. The van der Waals surface area contributed by atoms with E-state index in [1.165, 1.54) is 6.33 Å². The normalized spacial score (nSPS) is 10.3. The van der Waals surface area contributed by atoms with Crippen molar-refractivity contribution in [2.45, 2.75) is 6.92 Å². The SMILES string of the molecule is CCOc1ccccc1Nc1ncnc(Nc2cccc(Br)c2)c1N. The summed E-state index contributed by atoms with van der Waals surface area (Å²) in [5.74, 6) is 1.79. The number of nitrogens with one attached hydrogen (secondary N) is 2. The van der Waals surface area contributed by atoms with Crippen molar-refractivity contribution >= 4 is 44.6 Å². The quantitative estimate of drug-likeness (QED) is 0.556. The van der Waals surface area contributed by atoms with E-state index in [-0.39, 0.29) is 0 Å². The minimum Gasteiger partial charge on any atom is -0.492 e. The zero-order valence-corrected chi connectivity index (χ0v) is 15.2. The minimum atomic E-state index is 0.425. The number of rotatable bonds is 6. The molecule has 0 amide bonds. The number of nitrogens with two attached hydrogens (primary N) is 1. The lowest BCUT2D eigenvalue weighted by Gasteiger charge is -2.15. The third-order valence-corrected chi connectivity index (χ3v) is 3.90. The van der Waals surface area contributed by atoms with Crippen LogP contribution in [0.4, 0.5) is 28.7 Å². The summed E-state index contributed by atoms with van der Waals surface area (Å²) in [5.41, 5.74) is 8.33. The highest BCUT2D eigenvalue weighted by molar-refractivity contribution is 9.10. The first-order valence-corrected chi connectivity index (χ1v) is 8.58. The van der Waals surface area contributed by atoms with E-state index in [1.54, 1.807) is 0 Å². The number of hydrogen-bond donors (Lipinski definition) is 3. The molecule has 7 heteroatoms. The molecule has 0 aliphatic rings. The van der Waals surface area contributed by atoms with Crippen LogP contribution in [0.3, 0.4) is 0 Å². The van der Waals surface area contributed by atoms with Crippen LogP contribution in [0.2, 0.25) is 0 Å². The van der Waals surface area contributed by atoms with E-state index < -0.39 is 0 Å². The standard InChI is InChI=1S/C18H18BrN5O/c1-2-25-15-9-4-3-8-14(15)24-18-16(20)17(21-11-22-18)23-13-7-5-6-12(19)10-13/h3-11H,2,20H2,1H3,(H2,21,22,23,24). The Hall–Kier alpha value is -2.80. The third kappa shape index (κ3) is 4.19. The summed E-state index contributed by atoms with van der Waals surface area (Å²) in [7, 11) is 0. The van der Waals surface area contributed by atoms with Crippen molar-refractivity contribution in [2.24, 2.45) is 0 Å². The van der Waals surface area contributed by atoms with Gasteiger partial charge in [0, 0.05) is 10.2 Å². The van der Waals surface area contributed by atoms with Crippen LogP contribution in [0.1, 0.15) is 6.92 Å². The first-order valence-electron chi connectivity index (χ1n) is 7.79. The van der Waals surface area contributed by atoms with Gasteiger partial charge in [-0.3, -0.25) is 0 Å². The number of ether oxygens (including phenoxy) is 1. The van der Waals surface area contributed by atoms with Crippen LogP contribution in [0.5, 0.6) is 5.75 Å². The van der Waals surface area contributed by atoms with E-state index in [4.69, 9.17) is 10.5 Å². The Kier molecular flexibility index (Phi) is 5.35. The molecular formula is C18H18BrN5O. The maximum Gasteiger partial charge on any atom is 0.159 e. The van der Waals surface area contributed by atoms with Crippen molar-refractivity contribution in [1.29, 1.82) is 0 Å². The van der Waals surface area contributed by atoms with Crippen molar-refractivity contribution in [3.05, 3.63) is 59.3 Å². The Morgan fingerprint density at radius 3 is 2.56 bits per heavy atom. The number of nitrogen functional groups attached to an aromatic ring is 1. The first kappa shape index (κ1) is 17.0. The van der Waals surface area contributed by atoms with Gasteiger partial charge in [-0.1, -0.05) is 34.1 Å². The van der Waals surface area contributed by atoms with Gasteiger partial charge in [0.15, 0.2) is 11.6 Å². The Bertz CT molecular complexity index is 872. The van der Waals surface area contributed by atoms with E-state index in [0.29, 0.717) is 23.9 Å². The molecule has 4 N–H and O–H groups in total. The summed E-state index contributed by atoms with van der Waals surface area (Å²) >= 11 is 3.45. The molecule has 0 unspecified atom stereocenters. The monoisotopic (exact) mass is 399 g/mol. The fourth-order valence-electron chi connectivity index (χ4n) is 2.28. The van der Waals surface area contributed by atoms with Gasteiger partial charge in [0.05, 0.1) is 12.3 Å². The second-order valence-electron chi connectivity index (χ2n) is 5.17. The van der Waals surface area contributed by atoms with Gasteiger partial charge in [0.25, 0.3) is 0 Å². The third-order valence-electron chi connectivity index (χ3n) is 3.41. The van der Waals surface area contributed by atoms with Crippen molar-refractivity contribution in [2.75, 3.05) is 23.0 Å². The fraction of sp³-hybridized carbons (Fsp3) is 0.111. The second-order valence-corrected chi connectivity index (χ2v) is 6.09. The smallest absolute Gasteiger partial charge is 0.159 e.